The average Bonchev–Trinajstić information content (AvgIpc) is 3.33. The summed E-state index contributed by atoms with van der Waals surface area (Å²) < 4.78 is 17.6. The van der Waals surface area contributed by atoms with Crippen LogP contribution in [0.1, 0.15) is 16.4 Å². The second kappa shape index (κ2) is 6.99. The number of rotatable bonds is 5. The van der Waals surface area contributed by atoms with Gasteiger partial charge in [-0.25, -0.2) is 9.78 Å². The van der Waals surface area contributed by atoms with Crippen LogP contribution >= 0.6 is 0 Å². The molecule has 0 atom stereocenters. The van der Waals surface area contributed by atoms with E-state index in [1.165, 1.54) is 13.4 Å². The van der Waals surface area contributed by atoms with E-state index in [1.54, 1.807) is 7.11 Å². The van der Waals surface area contributed by atoms with Gasteiger partial charge in [0.05, 0.1) is 20.8 Å². The van der Waals surface area contributed by atoms with E-state index in [2.05, 4.69) is 27.8 Å². The predicted octanol–water partition coefficient (Wildman–Crippen LogP) is 4.14. The van der Waals surface area contributed by atoms with E-state index in [-0.39, 0.29) is 5.69 Å². The van der Waals surface area contributed by atoms with Crippen molar-refractivity contribution in [2.24, 2.45) is 0 Å². The van der Waals surface area contributed by atoms with Crippen LogP contribution in [0.2, 0.25) is 0 Å². The van der Waals surface area contributed by atoms with Crippen molar-refractivity contribution in [1.82, 2.24) is 9.55 Å². The number of nitrogens with zero attached hydrogens (tertiary/aromatic N) is 2. The van der Waals surface area contributed by atoms with Gasteiger partial charge in [-0.15, -0.1) is 0 Å². The zero-order chi connectivity index (χ0) is 18.8. The molecule has 4 aromatic rings. The Kier molecular flexibility index (Phi) is 4.38. The van der Waals surface area contributed by atoms with Crippen molar-refractivity contribution in [3.05, 3.63) is 72.4 Å². The lowest BCUT2D eigenvalue weighted by Crippen LogP contribution is -2.04. The quantitative estimate of drug-likeness (QED) is 0.499. The van der Waals surface area contributed by atoms with Crippen molar-refractivity contribution < 1.29 is 18.7 Å². The minimum atomic E-state index is -0.518. The number of fused-ring (bicyclic) bond motifs is 1. The third-order valence-corrected chi connectivity index (χ3v) is 4.42. The van der Waals surface area contributed by atoms with E-state index in [9.17, 15) is 4.79 Å². The van der Waals surface area contributed by atoms with Gasteiger partial charge in [-0.2, -0.15) is 0 Å². The second-order valence-corrected chi connectivity index (χ2v) is 6.02. The molecular weight excluding hydrogens is 344 g/mol. The highest BCUT2D eigenvalue weighted by atomic mass is 16.5. The number of carbonyl (C=O) groups is 1. The van der Waals surface area contributed by atoms with Crippen LogP contribution in [0, 0.1) is 0 Å². The maximum Gasteiger partial charge on any atom is 0.360 e. The average molecular weight is 362 g/mol. The van der Waals surface area contributed by atoms with Crippen molar-refractivity contribution in [3.8, 4) is 17.0 Å². The van der Waals surface area contributed by atoms with Crippen molar-refractivity contribution in [2.75, 3.05) is 14.2 Å². The van der Waals surface area contributed by atoms with E-state index in [0.717, 1.165) is 27.9 Å². The number of hydrogen-bond acceptors (Lipinski definition) is 5. The molecule has 4 rings (SSSR count). The third-order valence-electron chi connectivity index (χ3n) is 4.42. The van der Waals surface area contributed by atoms with Gasteiger partial charge in [-0.05, 0) is 29.8 Å². The first-order chi connectivity index (χ1) is 13.2. The second-order valence-electron chi connectivity index (χ2n) is 6.02. The van der Waals surface area contributed by atoms with E-state index in [0.29, 0.717) is 12.4 Å². The topological polar surface area (TPSA) is 66.5 Å². The normalized spacial score (nSPS) is 10.9. The number of carbonyl (C=O) groups excluding carboxylic acids is 1. The highest BCUT2D eigenvalue weighted by Gasteiger charge is 2.16. The van der Waals surface area contributed by atoms with Crippen molar-refractivity contribution in [3.63, 3.8) is 0 Å². The van der Waals surface area contributed by atoms with Crippen LogP contribution in [-0.4, -0.2) is 29.7 Å². The zero-order valence-corrected chi connectivity index (χ0v) is 15.0. The highest BCUT2D eigenvalue weighted by molar-refractivity contribution is 5.88. The lowest BCUT2D eigenvalue weighted by molar-refractivity contribution is 0.0594. The van der Waals surface area contributed by atoms with Crippen molar-refractivity contribution in [2.45, 2.75) is 6.54 Å². The Morgan fingerprint density at radius 3 is 2.67 bits per heavy atom. The standard InChI is InChI=1S/C21H18N2O4/c1-25-16-8-9-18-15(10-16)11-19(14-6-4-3-5-7-14)23(18)12-20-22-17(13-27-20)21(24)26-2/h3-11,13H,12H2,1-2H3. The molecule has 2 aromatic carbocycles. The first-order valence-electron chi connectivity index (χ1n) is 8.45. The van der Waals surface area contributed by atoms with Crippen LogP contribution in [0.15, 0.2) is 65.3 Å². The molecule has 6 nitrogen and oxygen atoms in total. The summed E-state index contributed by atoms with van der Waals surface area (Å²) in [6, 6.07) is 18.1. The van der Waals surface area contributed by atoms with Gasteiger partial charge in [0.15, 0.2) is 5.69 Å². The molecule has 0 unspecified atom stereocenters. The molecule has 0 N–H and O–H groups in total. The van der Waals surface area contributed by atoms with Crippen LogP contribution in [0.25, 0.3) is 22.2 Å². The number of aromatic nitrogens is 2. The van der Waals surface area contributed by atoms with Gasteiger partial charge in [0, 0.05) is 16.6 Å². The summed E-state index contributed by atoms with van der Waals surface area (Å²) in [5, 5.41) is 1.05. The minimum Gasteiger partial charge on any atom is -0.497 e. The zero-order valence-electron chi connectivity index (χ0n) is 15.0. The SMILES string of the molecule is COC(=O)c1coc(Cn2c(-c3ccccc3)cc3cc(OC)ccc32)n1. The van der Waals surface area contributed by atoms with Crippen molar-refractivity contribution >= 4 is 16.9 Å². The van der Waals surface area contributed by atoms with E-state index in [4.69, 9.17) is 13.9 Å². The highest BCUT2D eigenvalue weighted by Crippen LogP contribution is 2.31. The minimum absolute atomic E-state index is 0.159. The molecule has 6 heteroatoms. The molecule has 0 saturated carbocycles. The van der Waals surface area contributed by atoms with Gasteiger partial charge in [-0.3, -0.25) is 0 Å². The molecule has 0 saturated heterocycles. The van der Waals surface area contributed by atoms with Gasteiger partial charge < -0.3 is 18.5 Å². The van der Waals surface area contributed by atoms with Gasteiger partial charge >= 0.3 is 5.97 Å². The molecular formula is C21H18N2O4. The summed E-state index contributed by atoms with van der Waals surface area (Å²) in [6.07, 6.45) is 1.32. The number of esters is 1. The Labute approximate surface area is 156 Å². The fourth-order valence-corrected chi connectivity index (χ4v) is 3.11. The molecule has 2 aromatic heterocycles. The third kappa shape index (κ3) is 3.17. The molecule has 27 heavy (non-hydrogen) atoms. The number of benzene rings is 2. The lowest BCUT2D eigenvalue weighted by Gasteiger charge is -2.09. The van der Waals surface area contributed by atoms with Crippen LogP contribution in [0.5, 0.6) is 5.75 Å². The Morgan fingerprint density at radius 2 is 1.93 bits per heavy atom. The molecule has 0 amide bonds. The molecule has 2 heterocycles. The largest absolute Gasteiger partial charge is 0.497 e. The predicted molar refractivity (Wildman–Crippen MR) is 101 cm³/mol. The number of methoxy groups -OCH3 is 2. The number of oxazole rings is 1. The molecule has 136 valence electrons. The fourth-order valence-electron chi connectivity index (χ4n) is 3.11. The first kappa shape index (κ1) is 16.9. The molecule has 0 aliphatic heterocycles. The van der Waals surface area contributed by atoms with Crippen molar-refractivity contribution in [1.29, 1.82) is 0 Å². The first-order valence-corrected chi connectivity index (χ1v) is 8.45. The summed E-state index contributed by atoms with van der Waals surface area (Å²) >= 11 is 0. The summed E-state index contributed by atoms with van der Waals surface area (Å²) in [4.78, 5) is 15.9. The van der Waals surface area contributed by atoms with Crippen LogP contribution < -0.4 is 4.74 Å². The molecule has 0 fully saturated rings. The Bertz CT molecular complexity index is 1100. The van der Waals surface area contributed by atoms with Gasteiger partial charge in [0.1, 0.15) is 12.0 Å². The summed E-state index contributed by atoms with van der Waals surface area (Å²) in [7, 11) is 2.97. The Hall–Kier alpha value is -3.54. The molecule has 0 spiro atoms. The monoisotopic (exact) mass is 362 g/mol. The van der Waals surface area contributed by atoms with Gasteiger partial charge in [0.25, 0.3) is 0 Å². The summed E-state index contributed by atoms with van der Waals surface area (Å²) in [5.41, 5.74) is 3.28. The van der Waals surface area contributed by atoms with E-state index < -0.39 is 5.97 Å². The van der Waals surface area contributed by atoms with E-state index >= 15 is 0 Å². The number of hydrogen-bond donors (Lipinski definition) is 0. The Morgan fingerprint density at radius 1 is 1.11 bits per heavy atom. The maximum absolute atomic E-state index is 11.6. The lowest BCUT2D eigenvalue weighted by atomic mass is 10.1. The summed E-state index contributed by atoms with van der Waals surface area (Å²) in [5.74, 6) is 0.708. The smallest absolute Gasteiger partial charge is 0.360 e. The Balaban J connectivity index is 1.82. The fraction of sp³-hybridized carbons (Fsp3) is 0.143. The van der Waals surface area contributed by atoms with Crippen LogP contribution in [0.4, 0.5) is 0 Å². The maximum atomic E-state index is 11.6. The van der Waals surface area contributed by atoms with Crippen LogP contribution in [-0.2, 0) is 11.3 Å². The molecule has 0 bridgehead atoms. The number of ether oxygens (including phenoxy) is 2. The summed E-state index contributed by atoms with van der Waals surface area (Å²) in [6.45, 7) is 0.386. The molecule has 0 radical (unpaired) electrons. The molecule has 0 aliphatic carbocycles. The van der Waals surface area contributed by atoms with Gasteiger partial charge in [-0.1, -0.05) is 30.3 Å². The van der Waals surface area contributed by atoms with Crippen LogP contribution in [0.3, 0.4) is 0 Å². The van der Waals surface area contributed by atoms with E-state index in [1.807, 2.05) is 36.4 Å². The molecule has 0 aliphatic rings. The van der Waals surface area contributed by atoms with Gasteiger partial charge in [0.2, 0.25) is 5.89 Å².